The van der Waals surface area contributed by atoms with Gasteiger partial charge < -0.3 is 9.80 Å². The van der Waals surface area contributed by atoms with Crippen LogP contribution in [-0.2, 0) is 0 Å². The molecule has 0 bridgehead atoms. The summed E-state index contributed by atoms with van der Waals surface area (Å²) in [6.07, 6.45) is 3.90. The van der Waals surface area contributed by atoms with Crippen molar-refractivity contribution in [1.82, 2.24) is 15.2 Å². The zero-order valence-corrected chi connectivity index (χ0v) is 9.04. The predicted molar refractivity (Wildman–Crippen MR) is 58.4 cm³/mol. The Bertz CT molecular complexity index is 256. The van der Waals surface area contributed by atoms with Gasteiger partial charge in [0, 0.05) is 26.2 Å². The fraction of sp³-hybridized carbons (Fsp3) is 0.667. The summed E-state index contributed by atoms with van der Waals surface area (Å²) in [6.45, 7) is 4.26. The van der Waals surface area contributed by atoms with Crippen molar-refractivity contribution in [2.75, 3.05) is 33.2 Å². The monoisotopic (exact) mass is 214 g/mol. The van der Waals surface area contributed by atoms with E-state index < -0.39 is 0 Å². The van der Waals surface area contributed by atoms with E-state index in [9.17, 15) is 0 Å². The van der Waals surface area contributed by atoms with Crippen LogP contribution in [0.2, 0.25) is 0 Å². The lowest BCUT2D eigenvalue weighted by Gasteiger charge is -2.34. The quantitative estimate of drug-likeness (QED) is 0.464. The van der Waals surface area contributed by atoms with Crippen molar-refractivity contribution >= 4 is 17.4 Å². The van der Waals surface area contributed by atoms with Crippen LogP contribution in [0, 0.1) is 0 Å². The number of amidine groups is 1. The van der Waals surface area contributed by atoms with Crippen LogP contribution >= 0.6 is 11.6 Å². The number of hydrazone groups is 1. The number of halogens is 1. The molecule has 0 aliphatic carbocycles. The molecule has 1 atom stereocenters. The third-order valence-corrected chi connectivity index (χ3v) is 2.79. The van der Waals surface area contributed by atoms with Gasteiger partial charge >= 0.3 is 0 Å². The van der Waals surface area contributed by atoms with E-state index in [-0.39, 0.29) is 5.50 Å². The van der Waals surface area contributed by atoms with E-state index in [0.717, 1.165) is 32.0 Å². The van der Waals surface area contributed by atoms with E-state index in [4.69, 9.17) is 11.6 Å². The molecule has 1 N–H and O–H groups in total. The number of alkyl halides is 1. The maximum atomic E-state index is 5.81. The lowest BCUT2D eigenvalue weighted by Crippen LogP contribution is -2.47. The van der Waals surface area contributed by atoms with Crippen LogP contribution in [0.1, 0.15) is 0 Å². The smallest absolute Gasteiger partial charge is 0.148 e. The molecule has 1 unspecified atom stereocenters. The summed E-state index contributed by atoms with van der Waals surface area (Å²) in [5.74, 6) is 0.995. The Morgan fingerprint density at radius 3 is 2.71 bits per heavy atom. The van der Waals surface area contributed by atoms with Gasteiger partial charge in [0.2, 0.25) is 0 Å². The lowest BCUT2D eigenvalue weighted by atomic mass is 10.3. The van der Waals surface area contributed by atoms with Crippen LogP contribution in [0.4, 0.5) is 0 Å². The maximum absolute atomic E-state index is 5.81. The Kier molecular flexibility index (Phi) is 2.93. The molecule has 5 heteroatoms. The molecule has 2 rings (SSSR count). The molecule has 0 radical (unpaired) electrons. The topological polar surface area (TPSA) is 30.9 Å². The lowest BCUT2D eigenvalue weighted by molar-refractivity contribution is 0.215. The third-order valence-electron chi connectivity index (χ3n) is 2.54. The summed E-state index contributed by atoms with van der Waals surface area (Å²) in [6, 6.07) is 0. The maximum Gasteiger partial charge on any atom is 0.148 e. The van der Waals surface area contributed by atoms with E-state index in [1.54, 1.807) is 0 Å². The zero-order valence-electron chi connectivity index (χ0n) is 8.28. The second-order valence-electron chi connectivity index (χ2n) is 3.65. The molecule has 0 amide bonds. The number of nitrogens with zero attached hydrogens (tertiary/aromatic N) is 3. The molecule has 2 aliphatic rings. The molecule has 2 aliphatic heterocycles. The summed E-state index contributed by atoms with van der Waals surface area (Å²) in [5, 5.41) is 4.21. The minimum absolute atomic E-state index is 0.161. The van der Waals surface area contributed by atoms with Crippen LogP contribution < -0.4 is 5.43 Å². The van der Waals surface area contributed by atoms with Gasteiger partial charge in [-0.05, 0) is 19.2 Å². The van der Waals surface area contributed by atoms with Crippen LogP contribution in [0.3, 0.4) is 0 Å². The minimum atomic E-state index is -0.161. The Labute approximate surface area is 89.2 Å². The molecular formula is C9H15ClN4. The van der Waals surface area contributed by atoms with Gasteiger partial charge in [0.1, 0.15) is 11.3 Å². The fourth-order valence-corrected chi connectivity index (χ4v) is 1.71. The van der Waals surface area contributed by atoms with Crippen molar-refractivity contribution in [3.05, 3.63) is 12.2 Å². The van der Waals surface area contributed by atoms with Crippen molar-refractivity contribution in [2.24, 2.45) is 5.10 Å². The van der Waals surface area contributed by atoms with Crippen molar-refractivity contribution in [2.45, 2.75) is 5.50 Å². The number of rotatable bonds is 0. The number of likely N-dealkylation sites (N-methyl/N-ethyl adjacent to an activating group) is 1. The highest BCUT2D eigenvalue weighted by molar-refractivity contribution is 6.22. The average molecular weight is 215 g/mol. The summed E-state index contributed by atoms with van der Waals surface area (Å²) in [7, 11) is 2.14. The SMILES string of the molecule is CN1CCN(C2=NNC(Cl)C=C2)CC1. The van der Waals surface area contributed by atoms with Gasteiger partial charge in [0.05, 0.1) is 0 Å². The van der Waals surface area contributed by atoms with Gasteiger partial charge in [-0.2, -0.15) is 5.10 Å². The van der Waals surface area contributed by atoms with Crippen LogP contribution in [-0.4, -0.2) is 54.4 Å². The molecule has 78 valence electrons. The van der Waals surface area contributed by atoms with E-state index in [2.05, 4.69) is 27.4 Å². The van der Waals surface area contributed by atoms with E-state index in [1.165, 1.54) is 0 Å². The fourth-order valence-electron chi connectivity index (χ4n) is 1.59. The standard InChI is InChI=1S/C9H15ClN4/c1-13-4-6-14(7-5-13)9-3-2-8(10)11-12-9/h2-3,8,11H,4-7H2,1H3. The van der Waals surface area contributed by atoms with Crippen molar-refractivity contribution in [3.63, 3.8) is 0 Å². The molecular weight excluding hydrogens is 200 g/mol. The highest BCUT2D eigenvalue weighted by Gasteiger charge is 2.17. The van der Waals surface area contributed by atoms with Crippen LogP contribution in [0.25, 0.3) is 0 Å². The summed E-state index contributed by atoms with van der Waals surface area (Å²) >= 11 is 5.81. The molecule has 0 spiro atoms. The van der Waals surface area contributed by atoms with E-state index in [0.29, 0.717) is 0 Å². The number of hydrogen-bond donors (Lipinski definition) is 1. The number of hydrogen-bond acceptors (Lipinski definition) is 4. The Morgan fingerprint density at radius 1 is 1.43 bits per heavy atom. The Morgan fingerprint density at radius 2 is 2.14 bits per heavy atom. The molecule has 4 nitrogen and oxygen atoms in total. The predicted octanol–water partition coefficient (Wildman–Crippen LogP) is 0.272. The molecule has 1 fully saturated rings. The molecule has 1 saturated heterocycles. The van der Waals surface area contributed by atoms with E-state index >= 15 is 0 Å². The van der Waals surface area contributed by atoms with Crippen LogP contribution in [0.5, 0.6) is 0 Å². The molecule has 2 heterocycles. The zero-order chi connectivity index (χ0) is 9.97. The van der Waals surface area contributed by atoms with E-state index in [1.807, 2.05) is 12.2 Å². The average Bonchev–Trinajstić information content (AvgIpc) is 2.21. The van der Waals surface area contributed by atoms with Crippen molar-refractivity contribution < 1.29 is 0 Å². The largest absolute Gasteiger partial charge is 0.353 e. The normalized spacial score (nSPS) is 28.6. The Balaban J connectivity index is 1.93. The van der Waals surface area contributed by atoms with Gasteiger partial charge in [-0.15, -0.1) is 0 Å². The Hall–Kier alpha value is -0.740. The first-order valence-electron chi connectivity index (χ1n) is 4.85. The molecule has 0 aromatic carbocycles. The summed E-state index contributed by atoms with van der Waals surface area (Å²) in [4.78, 5) is 4.59. The number of nitrogens with one attached hydrogen (secondary N) is 1. The minimum Gasteiger partial charge on any atom is -0.353 e. The third kappa shape index (κ3) is 2.19. The number of piperazine rings is 1. The first-order valence-corrected chi connectivity index (χ1v) is 5.28. The van der Waals surface area contributed by atoms with Gasteiger partial charge in [-0.25, -0.2) is 0 Å². The highest BCUT2D eigenvalue weighted by atomic mass is 35.5. The van der Waals surface area contributed by atoms with Crippen molar-refractivity contribution in [3.8, 4) is 0 Å². The highest BCUT2D eigenvalue weighted by Crippen LogP contribution is 2.06. The van der Waals surface area contributed by atoms with Gasteiger partial charge in [0.15, 0.2) is 0 Å². The first-order chi connectivity index (χ1) is 6.75. The molecule has 0 saturated carbocycles. The second-order valence-corrected chi connectivity index (χ2v) is 4.12. The molecule has 0 aromatic heterocycles. The van der Waals surface area contributed by atoms with Gasteiger partial charge in [0.25, 0.3) is 0 Å². The molecule has 14 heavy (non-hydrogen) atoms. The van der Waals surface area contributed by atoms with Gasteiger partial charge in [-0.3, -0.25) is 5.43 Å². The second kappa shape index (κ2) is 4.19. The molecule has 0 aromatic rings. The van der Waals surface area contributed by atoms with Crippen molar-refractivity contribution in [1.29, 1.82) is 0 Å². The van der Waals surface area contributed by atoms with Crippen LogP contribution in [0.15, 0.2) is 17.3 Å². The first kappa shape index (κ1) is 9.80. The van der Waals surface area contributed by atoms with Gasteiger partial charge in [-0.1, -0.05) is 11.6 Å². The summed E-state index contributed by atoms with van der Waals surface area (Å²) in [5.41, 5.74) is 2.69. The summed E-state index contributed by atoms with van der Waals surface area (Å²) < 4.78 is 0.